The second-order valence-electron chi connectivity index (χ2n) is 3.76. The quantitative estimate of drug-likeness (QED) is 0.568. The number of amides is 3. The minimum absolute atomic E-state index is 0.219. The second-order valence-corrected chi connectivity index (χ2v) is 4.85. The first kappa shape index (κ1) is 15.7. The van der Waals surface area contributed by atoms with Gasteiger partial charge >= 0.3 is 0 Å². The Morgan fingerprint density at radius 3 is 2.25 bits per heavy atom. The van der Waals surface area contributed by atoms with Crippen molar-refractivity contribution in [2.45, 2.75) is 0 Å². The summed E-state index contributed by atoms with van der Waals surface area (Å²) in [4.78, 5) is 36.0. The molecule has 0 saturated carbocycles. The second kappa shape index (κ2) is 7.28. The Balaban J connectivity index is 2.90. The first-order valence-electron chi connectivity index (χ1n) is 5.58. The fourth-order valence-corrected chi connectivity index (χ4v) is 2.24. The van der Waals surface area contributed by atoms with Gasteiger partial charge in [0.2, 0.25) is 11.8 Å². The van der Waals surface area contributed by atoms with Gasteiger partial charge in [0.15, 0.2) is 0 Å². The van der Waals surface area contributed by atoms with Crippen molar-refractivity contribution in [3.05, 3.63) is 21.9 Å². The number of hydrogen-bond donors (Lipinski definition) is 3. The lowest BCUT2D eigenvalue weighted by atomic mass is 10.3. The molecule has 0 aliphatic rings. The minimum atomic E-state index is -0.723. The third kappa shape index (κ3) is 4.72. The smallest absolute Gasteiger partial charge is 0.264 e. The van der Waals surface area contributed by atoms with Crippen LogP contribution in [-0.2, 0) is 9.59 Å². The molecule has 0 atom stereocenters. The number of nitrogens with zero attached hydrogens (tertiary/aromatic N) is 1. The van der Waals surface area contributed by atoms with E-state index in [0.717, 1.165) is 16.2 Å². The van der Waals surface area contributed by atoms with Gasteiger partial charge in [-0.25, -0.2) is 0 Å². The molecule has 0 unspecified atom stereocenters. The summed E-state index contributed by atoms with van der Waals surface area (Å²) in [6, 6.07) is 3.22. The van der Waals surface area contributed by atoms with Crippen LogP contribution in [0.15, 0.2) is 12.1 Å². The van der Waals surface area contributed by atoms with Crippen molar-refractivity contribution in [3.8, 4) is 11.8 Å². The minimum Gasteiger partial charge on any atom is -0.368 e. The maximum absolute atomic E-state index is 12.2. The maximum Gasteiger partial charge on any atom is 0.264 e. The number of nitrogens with two attached hydrogens (primary N) is 3. The molecule has 1 rings (SSSR count). The van der Waals surface area contributed by atoms with E-state index in [2.05, 4.69) is 11.8 Å². The van der Waals surface area contributed by atoms with Gasteiger partial charge in [-0.2, -0.15) is 0 Å². The van der Waals surface area contributed by atoms with Gasteiger partial charge in [0, 0.05) is 0 Å². The predicted octanol–water partition coefficient (Wildman–Crippen LogP) is -1.53. The zero-order chi connectivity index (χ0) is 15.1. The summed E-state index contributed by atoms with van der Waals surface area (Å²) in [5.74, 6) is 3.52. The van der Waals surface area contributed by atoms with E-state index in [0.29, 0.717) is 9.75 Å². The molecule has 3 amide bonds. The summed E-state index contributed by atoms with van der Waals surface area (Å²) in [7, 11) is 0. The lowest BCUT2D eigenvalue weighted by Gasteiger charge is -2.18. The molecule has 0 fully saturated rings. The zero-order valence-electron chi connectivity index (χ0n) is 10.6. The highest BCUT2D eigenvalue weighted by molar-refractivity contribution is 7.14. The van der Waals surface area contributed by atoms with Crippen molar-refractivity contribution in [2.24, 2.45) is 17.2 Å². The summed E-state index contributed by atoms with van der Waals surface area (Å²) >= 11 is 1.14. The molecule has 6 N–H and O–H groups in total. The number of carbonyl (C=O) groups is 3. The Labute approximate surface area is 119 Å². The topological polar surface area (TPSA) is 133 Å². The van der Waals surface area contributed by atoms with E-state index in [1.54, 1.807) is 12.1 Å². The summed E-state index contributed by atoms with van der Waals surface area (Å²) < 4.78 is 0. The summed E-state index contributed by atoms with van der Waals surface area (Å²) in [5, 5.41) is 0. The Hall–Kier alpha value is -2.37. The van der Waals surface area contributed by atoms with Crippen LogP contribution in [0.2, 0.25) is 0 Å². The van der Waals surface area contributed by atoms with E-state index < -0.39 is 17.7 Å². The molecule has 1 aromatic rings. The van der Waals surface area contributed by atoms with Crippen molar-refractivity contribution in [3.63, 3.8) is 0 Å². The highest BCUT2D eigenvalue weighted by Crippen LogP contribution is 2.17. The van der Waals surface area contributed by atoms with Crippen molar-refractivity contribution in [1.82, 2.24) is 4.90 Å². The van der Waals surface area contributed by atoms with Gasteiger partial charge in [0.05, 0.1) is 16.3 Å². The normalized spacial score (nSPS) is 9.45. The molecule has 1 heterocycles. The maximum atomic E-state index is 12.2. The molecule has 20 heavy (non-hydrogen) atoms. The Morgan fingerprint density at radius 1 is 1.15 bits per heavy atom. The summed E-state index contributed by atoms with van der Waals surface area (Å²) in [6.07, 6.45) is 0. The first-order valence-corrected chi connectivity index (χ1v) is 6.40. The number of hydrogen-bond acceptors (Lipinski definition) is 5. The zero-order valence-corrected chi connectivity index (χ0v) is 11.4. The van der Waals surface area contributed by atoms with E-state index in [-0.39, 0.29) is 19.6 Å². The summed E-state index contributed by atoms with van der Waals surface area (Å²) in [6.45, 7) is -0.524. The molecule has 0 aliphatic heterocycles. The number of rotatable bonds is 5. The lowest BCUT2D eigenvalue weighted by Crippen LogP contribution is -2.43. The van der Waals surface area contributed by atoms with Crippen LogP contribution in [0.4, 0.5) is 0 Å². The Kier molecular flexibility index (Phi) is 5.71. The van der Waals surface area contributed by atoms with Crippen LogP contribution in [0.5, 0.6) is 0 Å². The van der Waals surface area contributed by atoms with Gasteiger partial charge in [0.25, 0.3) is 5.91 Å². The highest BCUT2D eigenvalue weighted by atomic mass is 32.1. The molecule has 8 heteroatoms. The van der Waals surface area contributed by atoms with Crippen LogP contribution in [0.25, 0.3) is 0 Å². The van der Waals surface area contributed by atoms with Crippen molar-refractivity contribution in [2.75, 3.05) is 19.6 Å². The van der Waals surface area contributed by atoms with Crippen molar-refractivity contribution >= 4 is 29.1 Å². The van der Waals surface area contributed by atoms with Crippen LogP contribution in [0.3, 0.4) is 0 Å². The van der Waals surface area contributed by atoms with Crippen LogP contribution in [0.1, 0.15) is 14.5 Å². The standard InChI is InChI=1S/C12H14N4O3S/c13-5-1-2-8-3-4-9(20-8)12(19)16(6-10(14)17)7-11(15)18/h3-4H,5-7,13H2,(H2,14,17)(H2,15,18). The van der Waals surface area contributed by atoms with Crippen molar-refractivity contribution < 1.29 is 14.4 Å². The van der Waals surface area contributed by atoms with Crippen LogP contribution in [0, 0.1) is 11.8 Å². The Bertz CT molecular complexity index is 569. The molecular formula is C12H14N4O3S. The SMILES string of the molecule is NCC#Cc1ccc(C(=O)N(CC(N)=O)CC(N)=O)s1. The third-order valence-electron chi connectivity index (χ3n) is 2.11. The van der Waals surface area contributed by atoms with Gasteiger partial charge in [-0.3, -0.25) is 14.4 Å². The molecule has 106 valence electrons. The number of thiophene rings is 1. The summed E-state index contributed by atoms with van der Waals surface area (Å²) in [5.41, 5.74) is 15.3. The van der Waals surface area contributed by atoms with E-state index in [4.69, 9.17) is 17.2 Å². The molecule has 7 nitrogen and oxygen atoms in total. The van der Waals surface area contributed by atoms with E-state index in [1.165, 1.54) is 0 Å². The molecule has 0 aromatic carbocycles. The molecule has 1 aromatic heterocycles. The predicted molar refractivity (Wildman–Crippen MR) is 74.5 cm³/mol. The van der Waals surface area contributed by atoms with Crippen LogP contribution < -0.4 is 17.2 Å². The monoisotopic (exact) mass is 294 g/mol. The highest BCUT2D eigenvalue weighted by Gasteiger charge is 2.20. The van der Waals surface area contributed by atoms with Gasteiger partial charge in [0.1, 0.15) is 13.1 Å². The number of primary amides is 2. The van der Waals surface area contributed by atoms with Crippen LogP contribution >= 0.6 is 11.3 Å². The van der Waals surface area contributed by atoms with Crippen molar-refractivity contribution in [1.29, 1.82) is 0 Å². The fourth-order valence-electron chi connectivity index (χ4n) is 1.39. The first-order chi connectivity index (χ1) is 9.43. The van der Waals surface area contributed by atoms with Gasteiger partial charge < -0.3 is 22.1 Å². The number of carbonyl (C=O) groups excluding carboxylic acids is 3. The van der Waals surface area contributed by atoms with E-state index in [9.17, 15) is 14.4 Å². The molecule has 0 aliphatic carbocycles. The van der Waals surface area contributed by atoms with E-state index in [1.807, 2.05) is 0 Å². The molecular weight excluding hydrogens is 280 g/mol. The van der Waals surface area contributed by atoms with E-state index >= 15 is 0 Å². The fraction of sp³-hybridized carbons (Fsp3) is 0.250. The molecule has 0 radical (unpaired) electrons. The average Bonchev–Trinajstić information content (AvgIpc) is 2.82. The lowest BCUT2D eigenvalue weighted by molar-refractivity contribution is -0.121. The van der Waals surface area contributed by atoms with Gasteiger partial charge in [-0.15, -0.1) is 11.3 Å². The van der Waals surface area contributed by atoms with Gasteiger partial charge in [-0.1, -0.05) is 11.8 Å². The largest absolute Gasteiger partial charge is 0.368 e. The van der Waals surface area contributed by atoms with Crippen LogP contribution in [-0.4, -0.2) is 42.3 Å². The van der Waals surface area contributed by atoms with Gasteiger partial charge in [-0.05, 0) is 12.1 Å². The molecule has 0 bridgehead atoms. The molecule has 0 saturated heterocycles. The third-order valence-corrected chi connectivity index (χ3v) is 3.10. The molecule has 0 spiro atoms. The average molecular weight is 294 g/mol. The Morgan fingerprint density at radius 2 is 1.75 bits per heavy atom.